The van der Waals surface area contributed by atoms with Crippen molar-refractivity contribution in [2.24, 2.45) is 0 Å². The lowest BCUT2D eigenvalue weighted by Crippen LogP contribution is -2.37. The van der Waals surface area contributed by atoms with Gasteiger partial charge in [-0.25, -0.2) is 0 Å². The second-order valence-corrected chi connectivity index (χ2v) is 6.34. The molecule has 134 valence electrons. The van der Waals surface area contributed by atoms with E-state index in [0.717, 1.165) is 41.5 Å². The van der Waals surface area contributed by atoms with Crippen LogP contribution >= 0.6 is 23.8 Å². The van der Waals surface area contributed by atoms with Crippen LogP contribution in [0, 0.1) is 0 Å². The van der Waals surface area contributed by atoms with E-state index >= 15 is 0 Å². The molecule has 0 atom stereocenters. The van der Waals surface area contributed by atoms with Crippen molar-refractivity contribution in [2.45, 2.75) is 12.8 Å². The zero-order valence-corrected chi connectivity index (χ0v) is 16.0. The number of nitrogens with one attached hydrogen (secondary N) is 2. The molecule has 2 rings (SSSR count). The Hall–Kier alpha value is -1.98. The summed E-state index contributed by atoms with van der Waals surface area (Å²) in [6, 6.07) is 13.6. The van der Waals surface area contributed by atoms with Gasteiger partial charge in [-0.1, -0.05) is 23.7 Å². The zero-order valence-electron chi connectivity index (χ0n) is 14.5. The average Bonchev–Trinajstić information content (AvgIpc) is 2.61. The van der Waals surface area contributed by atoms with Gasteiger partial charge >= 0.3 is 0 Å². The van der Waals surface area contributed by atoms with Crippen molar-refractivity contribution in [1.82, 2.24) is 10.6 Å². The number of hydrogen-bond donors (Lipinski definition) is 2. The minimum atomic E-state index is 0.642. The van der Waals surface area contributed by atoms with Crippen LogP contribution in [0.1, 0.15) is 11.1 Å². The minimum Gasteiger partial charge on any atom is -0.497 e. The molecule has 0 amide bonds. The van der Waals surface area contributed by atoms with Crippen LogP contribution in [0.25, 0.3) is 0 Å². The molecule has 0 aliphatic rings. The summed E-state index contributed by atoms with van der Waals surface area (Å²) in [6.45, 7) is 1.47. The SMILES string of the molecule is COc1ccc(OC)c(CCNC(=S)NCCc2cccc(Cl)c2)c1. The predicted octanol–water partition coefficient (Wildman–Crippen LogP) is 3.61. The van der Waals surface area contributed by atoms with Crippen LogP contribution < -0.4 is 20.1 Å². The smallest absolute Gasteiger partial charge is 0.166 e. The number of benzene rings is 2. The monoisotopic (exact) mass is 378 g/mol. The molecule has 0 bridgehead atoms. The Labute approximate surface area is 159 Å². The van der Waals surface area contributed by atoms with Gasteiger partial charge in [0.1, 0.15) is 11.5 Å². The Morgan fingerprint density at radius 2 is 1.76 bits per heavy atom. The third kappa shape index (κ3) is 6.44. The summed E-state index contributed by atoms with van der Waals surface area (Å²) in [6.07, 6.45) is 1.66. The molecule has 6 heteroatoms. The highest BCUT2D eigenvalue weighted by atomic mass is 35.5. The fourth-order valence-corrected chi connectivity index (χ4v) is 2.88. The van der Waals surface area contributed by atoms with Crippen molar-refractivity contribution < 1.29 is 9.47 Å². The fourth-order valence-electron chi connectivity index (χ4n) is 2.46. The summed E-state index contributed by atoms with van der Waals surface area (Å²) < 4.78 is 10.6. The van der Waals surface area contributed by atoms with E-state index in [4.69, 9.17) is 33.3 Å². The molecule has 2 N–H and O–H groups in total. The maximum atomic E-state index is 5.98. The molecule has 2 aromatic carbocycles. The van der Waals surface area contributed by atoms with Crippen LogP contribution in [-0.2, 0) is 12.8 Å². The van der Waals surface area contributed by atoms with Gasteiger partial charge in [0.2, 0.25) is 0 Å². The maximum Gasteiger partial charge on any atom is 0.166 e. The lowest BCUT2D eigenvalue weighted by atomic mass is 10.1. The highest BCUT2D eigenvalue weighted by Crippen LogP contribution is 2.24. The first-order valence-corrected chi connectivity index (χ1v) is 8.88. The second-order valence-electron chi connectivity index (χ2n) is 5.49. The van der Waals surface area contributed by atoms with Gasteiger partial charge in [0, 0.05) is 18.1 Å². The Bertz CT molecular complexity index is 710. The van der Waals surface area contributed by atoms with Gasteiger partial charge in [-0.2, -0.15) is 0 Å². The molecule has 0 aromatic heterocycles. The fraction of sp³-hybridized carbons (Fsp3) is 0.316. The lowest BCUT2D eigenvalue weighted by molar-refractivity contribution is 0.398. The van der Waals surface area contributed by atoms with Crippen LogP contribution in [0.3, 0.4) is 0 Å². The van der Waals surface area contributed by atoms with Gasteiger partial charge in [-0.3, -0.25) is 0 Å². The van der Waals surface area contributed by atoms with Crippen molar-refractivity contribution in [1.29, 1.82) is 0 Å². The minimum absolute atomic E-state index is 0.642. The van der Waals surface area contributed by atoms with Gasteiger partial charge in [0.25, 0.3) is 0 Å². The Morgan fingerprint density at radius 1 is 1.00 bits per heavy atom. The topological polar surface area (TPSA) is 42.5 Å². The number of methoxy groups -OCH3 is 2. The van der Waals surface area contributed by atoms with Crippen molar-refractivity contribution in [3.8, 4) is 11.5 Å². The quantitative estimate of drug-likeness (QED) is 0.687. The Balaban J connectivity index is 1.73. The molecule has 0 radical (unpaired) electrons. The molecule has 0 unspecified atom stereocenters. The summed E-state index contributed by atoms with van der Waals surface area (Å²) in [7, 11) is 3.32. The number of thiocarbonyl (C=S) groups is 1. The third-order valence-corrected chi connectivity index (χ3v) is 4.28. The summed E-state index contributed by atoms with van der Waals surface area (Å²) >= 11 is 11.3. The van der Waals surface area contributed by atoms with E-state index < -0.39 is 0 Å². The summed E-state index contributed by atoms with van der Waals surface area (Å²) in [5.41, 5.74) is 2.26. The molecule has 2 aromatic rings. The maximum absolute atomic E-state index is 5.98. The first kappa shape index (κ1) is 19.3. The number of rotatable bonds is 8. The molecule has 0 aliphatic heterocycles. The van der Waals surface area contributed by atoms with Gasteiger partial charge in [-0.05, 0) is 66.5 Å². The highest BCUT2D eigenvalue weighted by molar-refractivity contribution is 7.80. The Morgan fingerprint density at radius 3 is 2.44 bits per heavy atom. The van der Waals surface area contributed by atoms with E-state index in [2.05, 4.69) is 16.7 Å². The van der Waals surface area contributed by atoms with Crippen LogP contribution in [-0.4, -0.2) is 32.4 Å². The van der Waals surface area contributed by atoms with Crippen LogP contribution in [0.2, 0.25) is 5.02 Å². The molecular weight excluding hydrogens is 356 g/mol. The number of hydrogen-bond acceptors (Lipinski definition) is 3. The number of ether oxygens (including phenoxy) is 2. The van der Waals surface area contributed by atoms with Crippen LogP contribution in [0.4, 0.5) is 0 Å². The molecule has 4 nitrogen and oxygen atoms in total. The Kier molecular flexibility index (Phi) is 7.82. The van der Waals surface area contributed by atoms with Gasteiger partial charge in [0.05, 0.1) is 14.2 Å². The van der Waals surface area contributed by atoms with Gasteiger partial charge < -0.3 is 20.1 Å². The molecule has 25 heavy (non-hydrogen) atoms. The van der Waals surface area contributed by atoms with E-state index in [1.807, 2.05) is 36.4 Å². The standard InChI is InChI=1S/C19H23ClN2O2S/c1-23-17-6-7-18(24-2)15(13-17)9-11-22-19(25)21-10-8-14-4-3-5-16(20)12-14/h3-7,12-13H,8-11H2,1-2H3,(H2,21,22,25). The van der Waals surface area contributed by atoms with Gasteiger partial charge in [0.15, 0.2) is 5.11 Å². The third-order valence-electron chi connectivity index (χ3n) is 3.76. The molecule has 0 fully saturated rings. The summed E-state index contributed by atoms with van der Waals surface area (Å²) in [5, 5.41) is 7.82. The molecule has 0 aliphatic carbocycles. The highest BCUT2D eigenvalue weighted by Gasteiger charge is 2.05. The van der Waals surface area contributed by atoms with Crippen molar-refractivity contribution in [2.75, 3.05) is 27.3 Å². The van der Waals surface area contributed by atoms with Crippen LogP contribution in [0.5, 0.6) is 11.5 Å². The second kappa shape index (κ2) is 10.1. The van der Waals surface area contributed by atoms with E-state index in [9.17, 15) is 0 Å². The molecule has 0 saturated heterocycles. The largest absolute Gasteiger partial charge is 0.497 e. The summed E-state index contributed by atoms with van der Waals surface area (Å²) in [5.74, 6) is 1.67. The van der Waals surface area contributed by atoms with E-state index in [0.29, 0.717) is 11.7 Å². The summed E-state index contributed by atoms with van der Waals surface area (Å²) in [4.78, 5) is 0. The average molecular weight is 379 g/mol. The first-order valence-electron chi connectivity index (χ1n) is 8.09. The van der Waals surface area contributed by atoms with Gasteiger partial charge in [-0.15, -0.1) is 0 Å². The number of halogens is 1. The normalized spacial score (nSPS) is 10.2. The van der Waals surface area contributed by atoms with Crippen molar-refractivity contribution >= 4 is 28.9 Å². The molecular formula is C19H23ClN2O2S. The lowest BCUT2D eigenvalue weighted by Gasteiger charge is -2.13. The van der Waals surface area contributed by atoms with Crippen molar-refractivity contribution in [3.63, 3.8) is 0 Å². The molecule has 0 spiro atoms. The first-order chi connectivity index (χ1) is 12.1. The van der Waals surface area contributed by atoms with E-state index in [-0.39, 0.29) is 0 Å². The van der Waals surface area contributed by atoms with E-state index in [1.165, 1.54) is 5.56 Å². The van der Waals surface area contributed by atoms with Crippen molar-refractivity contribution in [3.05, 3.63) is 58.6 Å². The molecule has 0 saturated carbocycles. The molecule has 0 heterocycles. The van der Waals surface area contributed by atoms with E-state index in [1.54, 1.807) is 14.2 Å². The van der Waals surface area contributed by atoms with Crippen LogP contribution in [0.15, 0.2) is 42.5 Å². The predicted molar refractivity (Wildman–Crippen MR) is 107 cm³/mol. The zero-order chi connectivity index (χ0) is 18.1.